The normalized spacial score (nSPS) is 19.4. The molecule has 0 spiro atoms. The van der Waals surface area contributed by atoms with Gasteiger partial charge in [0.2, 0.25) is 0 Å². The molecule has 0 bridgehead atoms. The van der Waals surface area contributed by atoms with Crippen molar-refractivity contribution in [1.29, 1.82) is 0 Å². The van der Waals surface area contributed by atoms with E-state index in [-0.39, 0.29) is 24.6 Å². The topological polar surface area (TPSA) is 70.8 Å². The van der Waals surface area contributed by atoms with Crippen LogP contribution in [-0.4, -0.2) is 37.4 Å². The summed E-state index contributed by atoms with van der Waals surface area (Å²) in [5, 5.41) is 4.78. The van der Waals surface area contributed by atoms with Crippen molar-refractivity contribution in [3.05, 3.63) is 60.2 Å². The van der Waals surface area contributed by atoms with Gasteiger partial charge in [-0.15, -0.1) is 0 Å². The molecule has 5 nitrogen and oxygen atoms in total. The monoisotopic (exact) mass is 433 g/mol. The average Bonchev–Trinajstić information content (AvgIpc) is 2.72. The largest absolute Gasteiger partial charge is 0.461 e. The number of fused-ring (bicyclic) bond motifs is 2. The van der Waals surface area contributed by atoms with Gasteiger partial charge in [-0.3, -0.25) is 4.79 Å². The van der Waals surface area contributed by atoms with Crippen LogP contribution in [0.5, 0.6) is 0 Å². The summed E-state index contributed by atoms with van der Waals surface area (Å²) < 4.78 is 18.1. The molecule has 1 heterocycles. The predicted molar refractivity (Wildman–Crippen MR) is 129 cm³/mol. The van der Waals surface area contributed by atoms with Crippen LogP contribution in [0.15, 0.2) is 54.6 Å². The van der Waals surface area contributed by atoms with Gasteiger partial charge in [0.1, 0.15) is 5.60 Å². The molecule has 1 fully saturated rings. The third-order valence-corrected chi connectivity index (χ3v) is 5.77. The fourth-order valence-electron chi connectivity index (χ4n) is 4.53. The van der Waals surface area contributed by atoms with Gasteiger partial charge in [-0.25, -0.2) is 0 Å². The highest BCUT2D eigenvalue weighted by atomic mass is 16.6. The highest BCUT2D eigenvalue weighted by Gasteiger charge is 2.36. The van der Waals surface area contributed by atoms with Crippen LogP contribution in [0.3, 0.4) is 0 Å². The second-order valence-electron chi connectivity index (χ2n) is 9.55. The van der Waals surface area contributed by atoms with Crippen LogP contribution in [0, 0.1) is 0 Å². The van der Waals surface area contributed by atoms with E-state index < -0.39 is 12.7 Å². The highest BCUT2D eigenvalue weighted by Crippen LogP contribution is 2.31. The fraction of sp³-hybridized carbons (Fsp3) is 0.423. The smallest absolute Gasteiger partial charge is 0.460 e. The van der Waals surface area contributed by atoms with Gasteiger partial charge in [0.25, 0.3) is 0 Å². The Hall–Kier alpha value is -2.41. The number of rotatable bonds is 6. The van der Waals surface area contributed by atoms with Crippen LogP contribution in [0.1, 0.15) is 45.6 Å². The van der Waals surface area contributed by atoms with Crippen molar-refractivity contribution in [2.75, 3.05) is 6.54 Å². The zero-order chi connectivity index (χ0) is 22.7. The Morgan fingerprint density at radius 1 is 1.03 bits per heavy atom. The first-order chi connectivity index (χ1) is 15.3. The number of ether oxygens (including phenoxy) is 1. The summed E-state index contributed by atoms with van der Waals surface area (Å²) in [5.74, 6) is -0.245. The van der Waals surface area contributed by atoms with Crippen molar-refractivity contribution in [2.24, 2.45) is 5.73 Å². The minimum Gasteiger partial charge on any atom is -0.460 e. The maximum absolute atomic E-state index is 12.4. The Bertz CT molecular complexity index is 1040. The zero-order valence-electron chi connectivity index (χ0n) is 19.2. The van der Waals surface area contributed by atoms with Gasteiger partial charge in [-0.2, -0.15) is 0 Å². The van der Waals surface area contributed by atoms with E-state index >= 15 is 0 Å². The lowest BCUT2D eigenvalue weighted by molar-refractivity contribution is -0.157. The first-order valence-electron chi connectivity index (χ1n) is 11.4. The number of esters is 1. The molecule has 2 N–H and O–H groups in total. The summed E-state index contributed by atoms with van der Waals surface area (Å²) in [6, 6.07) is 19.0. The maximum atomic E-state index is 12.4. The van der Waals surface area contributed by atoms with E-state index in [4.69, 9.17) is 19.8 Å². The summed E-state index contributed by atoms with van der Waals surface area (Å²) in [6.45, 7) is 6.16. The predicted octanol–water partition coefficient (Wildman–Crippen LogP) is 4.82. The lowest BCUT2D eigenvalue weighted by Crippen LogP contribution is -2.44. The molecule has 0 aromatic heterocycles. The lowest BCUT2D eigenvalue weighted by Gasteiger charge is -2.34. The molecule has 1 saturated heterocycles. The van der Waals surface area contributed by atoms with Gasteiger partial charge >= 0.3 is 13.1 Å². The van der Waals surface area contributed by atoms with E-state index in [1.807, 2.05) is 20.8 Å². The van der Waals surface area contributed by atoms with Crippen LogP contribution in [0.25, 0.3) is 21.5 Å². The summed E-state index contributed by atoms with van der Waals surface area (Å²) >= 11 is 0. The number of carbonyl (C=O) groups excluding carboxylic acids is 1. The summed E-state index contributed by atoms with van der Waals surface area (Å²) in [7, 11) is -0.443. The molecule has 0 unspecified atom stereocenters. The molecule has 2 atom stereocenters. The Morgan fingerprint density at radius 3 is 2.22 bits per heavy atom. The van der Waals surface area contributed by atoms with Crippen molar-refractivity contribution in [2.45, 2.75) is 64.2 Å². The molecule has 0 saturated carbocycles. The van der Waals surface area contributed by atoms with Gasteiger partial charge in [0.15, 0.2) is 0 Å². The molecule has 4 rings (SSSR count). The minimum absolute atomic E-state index is 0.0348. The van der Waals surface area contributed by atoms with E-state index in [1.54, 1.807) is 0 Å². The molecule has 6 heteroatoms. The Balaban J connectivity index is 1.61. The molecule has 1 aliphatic heterocycles. The molecule has 0 amide bonds. The molecule has 0 radical (unpaired) electrons. The van der Waals surface area contributed by atoms with Crippen molar-refractivity contribution >= 4 is 34.6 Å². The van der Waals surface area contributed by atoms with Crippen LogP contribution in [-0.2, 0) is 25.2 Å². The third-order valence-electron chi connectivity index (χ3n) is 5.77. The summed E-state index contributed by atoms with van der Waals surface area (Å²) in [6.07, 6.45) is 1.92. The van der Waals surface area contributed by atoms with Gasteiger partial charge in [0.05, 0.1) is 12.5 Å². The molecule has 1 aliphatic rings. The van der Waals surface area contributed by atoms with Gasteiger partial charge in [0, 0.05) is 12.4 Å². The Labute approximate surface area is 190 Å². The Morgan fingerprint density at radius 2 is 1.62 bits per heavy atom. The van der Waals surface area contributed by atoms with Crippen molar-refractivity contribution < 1.29 is 18.8 Å². The second kappa shape index (κ2) is 9.61. The quantitative estimate of drug-likeness (QED) is 0.343. The Kier molecular flexibility index (Phi) is 6.84. The van der Waals surface area contributed by atoms with Crippen molar-refractivity contribution in [3.8, 4) is 0 Å². The van der Waals surface area contributed by atoms with Crippen LogP contribution in [0.2, 0.25) is 0 Å². The van der Waals surface area contributed by atoms with Gasteiger partial charge in [-0.05, 0) is 73.3 Å². The minimum atomic E-state index is -0.514. The molecular formula is C26H32BNO4. The number of hydrogen-bond acceptors (Lipinski definition) is 5. The van der Waals surface area contributed by atoms with E-state index in [1.165, 1.54) is 27.1 Å². The first-order valence-corrected chi connectivity index (χ1v) is 11.4. The number of benzene rings is 3. The summed E-state index contributed by atoms with van der Waals surface area (Å²) in [5.41, 5.74) is 6.51. The van der Waals surface area contributed by atoms with Crippen LogP contribution in [0.4, 0.5) is 0 Å². The number of hydrogen-bond donors (Lipinski definition) is 1. The maximum Gasteiger partial charge on any atom is 0.461 e. The molecule has 3 aromatic rings. The first kappa shape index (κ1) is 22.8. The van der Waals surface area contributed by atoms with E-state index in [0.717, 1.165) is 6.42 Å². The number of carbonyl (C=O) groups is 1. The molecule has 0 aliphatic carbocycles. The average molecular weight is 433 g/mol. The lowest BCUT2D eigenvalue weighted by atomic mass is 9.75. The molecule has 3 aromatic carbocycles. The molecule has 168 valence electrons. The second-order valence-corrected chi connectivity index (χ2v) is 9.55. The van der Waals surface area contributed by atoms with E-state index in [0.29, 0.717) is 19.3 Å². The summed E-state index contributed by atoms with van der Waals surface area (Å²) in [4.78, 5) is 12.4. The van der Waals surface area contributed by atoms with Crippen LogP contribution < -0.4 is 5.73 Å². The fourth-order valence-corrected chi connectivity index (χ4v) is 4.53. The third kappa shape index (κ3) is 5.50. The molecular weight excluding hydrogens is 401 g/mol. The zero-order valence-corrected chi connectivity index (χ0v) is 19.2. The van der Waals surface area contributed by atoms with Gasteiger partial charge in [-0.1, -0.05) is 48.5 Å². The van der Waals surface area contributed by atoms with Crippen molar-refractivity contribution in [1.82, 2.24) is 0 Å². The van der Waals surface area contributed by atoms with Crippen LogP contribution >= 0.6 is 0 Å². The van der Waals surface area contributed by atoms with Crippen molar-refractivity contribution in [3.63, 3.8) is 0 Å². The highest BCUT2D eigenvalue weighted by molar-refractivity contribution is 6.45. The van der Waals surface area contributed by atoms with Gasteiger partial charge < -0.3 is 19.8 Å². The SMILES string of the molecule is CC(C)(C)OC(=O)C[C@H]1C[C@@H](CCN)OB(Cc2c3ccccc3cc3ccccc23)O1. The number of nitrogens with two attached hydrogens (primary N) is 1. The van der Waals surface area contributed by atoms with E-state index in [2.05, 4.69) is 54.6 Å². The molecule has 32 heavy (non-hydrogen) atoms. The standard InChI is InChI=1S/C26H32BNO4/c1-26(2,3)30-25(29)16-21-15-20(12-13-28)31-27(32-21)17-24-22-10-6-4-8-18(22)14-19-9-5-7-11-23(19)24/h4-11,14,20-21H,12-13,15-17,28H2,1-3H3/t20-,21-/m1/s1. The van der Waals surface area contributed by atoms with E-state index in [9.17, 15) is 4.79 Å².